The summed E-state index contributed by atoms with van der Waals surface area (Å²) in [7, 11) is 1.70. The topological polar surface area (TPSA) is 84.4 Å². The van der Waals surface area contributed by atoms with Crippen molar-refractivity contribution >= 4 is 11.8 Å². The van der Waals surface area contributed by atoms with Crippen LogP contribution in [0.1, 0.15) is 43.5 Å². The number of hydrogen-bond acceptors (Lipinski definition) is 5. The van der Waals surface area contributed by atoms with E-state index in [1.54, 1.807) is 13.1 Å². The highest BCUT2D eigenvalue weighted by molar-refractivity contribution is 5.88. The molecule has 2 aromatic heterocycles. The molecule has 0 fully saturated rings. The summed E-state index contributed by atoms with van der Waals surface area (Å²) in [4.78, 5) is 13.7. The molecule has 2 aromatic rings. The zero-order chi connectivity index (χ0) is 16.5. The maximum atomic E-state index is 12.2. The van der Waals surface area contributed by atoms with Gasteiger partial charge in [0.25, 0.3) is 0 Å². The van der Waals surface area contributed by atoms with Crippen LogP contribution in [0.5, 0.6) is 0 Å². The van der Waals surface area contributed by atoms with Crippen LogP contribution in [-0.4, -0.2) is 28.3 Å². The summed E-state index contributed by atoms with van der Waals surface area (Å²) in [6.45, 7) is 10.1. The number of anilines is 1. The summed E-state index contributed by atoms with van der Waals surface area (Å²) >= 11 is 0. The molecule has 0 spiro atoms. The predicted molar refractivity (Wildman–Crippen MR) is 81.7 cm³/mol. The van der Waals surface area contributed by atoms with Gasteiger partial charge in [0.15, 0.2) is 5.82 Å². The molecule has 0 saturated heterocycles. The minimum absolute atomic E-state index is 0.154. The Labute approximate surface area is 129 Å². The van der Waals surface area contributed by atoms with Gasteiger partial charge in [0.05, 0.1) is 12.2 Å². The molecule has 0 aromatic carbocycles. The van der Waals surface area contributed by atoms with Crippen molar-refractivity contribution in [3.63, 3.8) is 0 Å². The molecule has 2 amide bonds. The summed E-state index contributed by atoms with van der Waals surface area (Å²) in [5.41, 5.74) is 1.54. The van der Waals surface area contributed by atoms with Gasteiger partial charge in [-0.15, -0.1) is 0 Å². The number of nitrogens with zero attached hydrogens (tertiary/aromatic N) is 3. The van der Waals surface area contributed by atoms with Crippen molar-refractivity contribution in [3.8, 4) is 0 Å². The maximum Gasteiger partial charge on any atom is 0.323 e. The quantitative estimate of drug-likeness (QED) is 0.941. The number of aryl methyl sites for hydroxylation is 2. The van der Waals surface area contributed by atoms with Crippen LogP contribution in [0.25, 0.3) is 0 Å². The number of amides is 2. The number of urea groups is 1. The van der Waals surface area contributed by atoms with Crippen LogP contribution < -0.4 is 5.32 Å². The summed E-state index contributed by atoms with van der Waals surface area (Å²) in [6, 6.07) is 1.47. The first-order valence-corrected chi connectivity index (χ1v) is 7.09. The Kier molecular flexibility index (Phi) is 4.25. The molecule has 0 aliphatic rings. The molecular formula is C15H22N4O3. The highest BCUT2D eigenvalue weighted by atomic mass is 16.5. The Morgan fingerprint density at radius 2 is 1.95 bits per heavy atom. The molecular weight excluding hydrogens is 284 g/mol. The van der Waals surface area contributed by atoms with Gasteiger partial charge in [0.1, 0.15) is 11.5 Å². The smallest absolute Gasteiger partial charge is 0.323 e. The van der Waals surface area contributed by atoms with E-state index < -0.39 is 0 Å². The zero-order valence-corrected chi connectivity index (χ0v) is 13.9. The Balaban J connectivity index is 2.01. The van der Waals surface area contributed by atoms with Crippen LogP contribution in [-0.2, 0) is 12.0 Å². The fraction of sp³-hybridized carbons (Fsp3) is 0.533. The van der Waals surface area contributed by atoms with Gasteiger partial charge in [-0.1, -0.05) is 31.1 Å². The average molecular weight is 306 g/mol. The molecule has 2 heterocycles. The van der Waals surface area contributed by atoms with Gasteiger partial charge >= 0.3 is 6.03 Å². The van der Waals surface area contributed by atoms with Crippen molar-refractivity contribution in [3.05, 3.63) is 28.8 Å². The molecule has 0 atom stereocenters. The number of carbonyl (C=O) groups is 1. The van der Waals surface area contributed by atoms with E-state index in [9.17, 15) is 4.79 Å². The normalized spacial score (nSPS) is 11.5. The Morgan fingerprint density at radius 1 is 1.27 bits per heavy atom. The Hall–Kier alpha value is -2.31. The summed E-state index contributed by atoms with van der Waals surface area (Å²) in [5.74, 6) is 1.84. The lowest BCUT2D eigenvalue weighted by molar-refractivity contribution is 0.220. The third-order valence-electron chi connectivity index (χ3n) is 3.41. The Morgan fingerprint density at radius 3 is 2.45 bits per heavy atom. The molecule has 0 radical (unpaired) electrons. The first-order chi connectivity index (χ1) is 10.2. The highest BCUT2D eigenvalue weighted by Gasteiger charge is 2.21. The predicted octanol–water partition coefficient (Wildman–Crippen LogP) is 3.24. The molecule has 0 unspecified atom stereocenters. The van der Waals surface area contributed by atoms with E-state index in [0.29, 0.717) is 18.1 Å². The van der Waals surface area contributed by atoms with Crippen molar-refractivity contribution < 1.29 is 13.8 Å². The highest BCUT2D eigenvalue weighted by Crippen LogP contribution is 2.24. The molecule has 0 saturated carbocycles. The molecule has 7 heteroatoms. The second-order valence-electron chi connectivity index (χ2n) is 6.42. The minimum atomic E-state index is -0.270. The molecule has 0 aliphatic heterocycles. The van der Waals surface area contributed by atoms with Gasteiger partial charge in [-0.3, -0.25) is 5.32 Å². The van der Waals surface area contributed by atoms with E-state index in [1.807, 2.05) is 34.6 Å². The third-order valence-corrected chi connectivity index (χ3v) is 3.41. The molecule has 7 nitrogen and oxygen atoms in total. The van der Waals surface area contributed by atoms with Crippen LogP contribution >= 0.6 is 0 Å². The van der Waals surface area contributed by atoms with Gasteiger partial charge in [0.2, 0.25) is 0 Å². The molecule has 0 bridgehead atoms. The summed E-state index contributed by atoms with van der Waals surface area (Å²) < 4.78 is 10.3. The second kappa shape index (κ2) is 5.82. The van der Waals surface area contributed by atoms with Gasteiger partial charge in [-0.25, -0.2) is 4.79 Å². The molecule has 22 heavy (non-hydrogen) atoms. The van der Waals surface area contributed by atoms with Gasteiger partial charge in [-0.2, -0.15) is 0 Å². The standard InChI is InChI=1S/C15H22N4O3/c1-9-11(10(2)21-17-9)8-19(6)14(20)16-13-7-12(22-18-13)15(3,4)5/h7H,8H2,1-6H3,(H,16,18,20). The van der Waals surface area contributed by atoms with Crippen LogP contribution in [0, 0.1) is 13.8 Å². The van der Waals surface area contributed by atoms with Crippen molar-refractivity contribution in [2.24, 2.45) is 0 Å². The number of aromatic nitrogens is 2. The van der Waals surface area contributed by atoms with E-state index in [4.69, 9.17) is 9.05 Å². The lowest BCUT2D eigenvalue weighted by atomic mass is 9.93. The number of rotatable bonds is 3. The fourth-order valence-corrected chi connectivity index (χ4v) is 1.93. The van der Waals surface area contributed by atoms with Gasteiger partial charge < -0.3 is 13.9 Å². The number of carbonyl (C=O) groups excluding carboxylic acids is 1. The van der Waals surface area contributed by atoms with Crippen LogP contribution in [0.4, 0.5) is 10.6 Å². The lowest BCUT2D eigenvalue weighted by Crippen LogP contribution is -2.31. The van der Waals surface area contributed by atoms with E-state index in [0.717, 1.165) is 17.0 Å². The molecule has 120 valence electrons. The SMILES string of the molecule is Cc1noc(C)c1CN(C)C(=O)Nc1cc(C(C)(C)C)on1. The van der Waals surface area contributed by atoms with Crippen LogP contribution in [0.15, 0.2) is 15.1 Å². The van der Waals surface area contributed by atoms with Crippen molar-refractivity contribution in [1.82, 2.24) is 15.2 Å². The molecule has 2 rings (SSSR count). The minimum Gasteiger partial charge on any atom is -0.361 e. The van der Waals surface area contributed by atoms with E-state index in [-0.39, 0.29) is 11.4 Å². The van der Waals surface area contributed by atoms with E-state index in [2.05, 4.69) is 15.6 Å². The molecule has 0 aliphatic carbocycles. The van der Waals surface area contributed by atoms with Gasteiger partial charge in [-0.05, 0) is 13.8 Å². The van der Waals surface area contributed by atoms with Crippen LogP contribution in [0.3, 0.4) is 0 Å². The van der Waals surface area contributed by atoms with Crippen molar-refractivity contribution in [2.45, 2.75) is 46.6 Å². The van der Waals surface area contributed by atoms with Crippen LogP contribution in [0.2, 0.25) is 0 Å². The first kappa shape index (κ1) is 16.1. The number of nitrogens with one attached hydrogen (secondary N) is 1. The van der Waals surface area contributed by atoms with E-state index in [1.165, 1.54) is 4.90 Å². The second-order valence-corrected chi connectivity index (χ2v) is 6.42. The summed E-state index contributed by atoms with van der Waals surface area (Å²) in [5, 5.41) is 10.5. The average Bonchev–Trinajstić information content (AvgIpc) is 3.00. The third kappa shape index (κ3) is 3.47. The van der Waals surface area contributed by atoms with Gasteiger partial charge in [0, 0.05) is 24.1 Å². The Bertz CT molecular complexity index is 647. The summed E-state index contributed by atoms with van der Waals surface area (Å²) in [6.07, 6.45) is 0. The van der Waals surface area contributed by atoms with E-state index >= 15 is 0 Å². The maximum absolute atomic E-state index is 12.2. The number of hydrogen-bond donors (Lipinski definition) is 1. The largest absolute Gasteiger partial charge is 0.361 e. The van der Waals surface area contributed by atoms with Crippen molar-refractivity contribution in [2.75, 3.05) is 12.4 Å². The fourth-order valence-electron chi connectivity index (χ4n) is 1.93. The zero-order valence-electron chi connectivity index (χ0n) is 13.9. The van der Waals surface area contributed by atoms with Crippen molar-refractivity contribution in [1.29, 1.82) is 0 Å². The lowest BCUT2D eigenvalue weighted by Gasteiger charge is -2.16. The monoisotopic (exact) mass is 306 g/mol. The molecule has 1 N–H and O–H groups in total. The first-order valence-electron chi connectivity index (χ1n) is 7.09.